The number of rotatable bonds is 3. The second kappa shape index (κ2) is 4.91. The maximum absolute atomic E-state index is 5.99. The molecule has 0 amide bonds. The number of hydrogen-bond donors (Lipinski definition) is 5. The minimum absolute atomic E-state index is 0.199. The summed E-state index contributed by atoms with van der Waals surface area (Å²) >= 11 is 0. The molecule has 0 fully saturated rings. The third-order valence-corrected chi connectivity index (χ3v) is 2.78. The minimum atomic E-state index is 0.199. The quantitative estimate of drug-likeness (QED) is 0.302. The topological polar surface area (TPSA) is 146 Å². The second-order valence-electron chi connectivity index (χ2n) is 4.19. The van der Waals surface area contributed by atoms with Crippen molar-refractivity contribution in [2.45, 2.75) is 6.54 Å². The molecule has 0 radical (unpaired) electrons. The SMILES string of the molecule is Nc1cc(CN(N)c2ccccc2N)c(N)c(N)n1. The lowest BCUT2D eigenvalue weighted by atomic mass is 10.2. The molecule has 0 bridgehead atoms. The predicted molar refractivity (Wildman–Crippen MR) is 78.7 cm³/mol. The predicted octanol–water partition coefficient (Wildman–Crippen LogP) is 0.291. The van der Waals surface area contributed by atoms with Gasteiger partial charge in [-0.1, -0.05) is 12.1 Å². The zero-order valence-corrected chi connectivity index (χ0v) is 10.4. The summed E-state index contributed by atoms with van der Waals surface area (Å²) in [6.07, 6.45) is 0. The molecule has 0 saturated heterocycles. The van der Waals surface area contributed by atoms with Crippen molar-refractivity contribution in [2.75, 3.05) is 27.9 Å². The highest BCUT2D eigenvalue weighted by Crippen LogP contribution is 2.25. The smallest absolute Gasteiger partial charge is 0.149 e. The van der Waals surface area contributed by atoms with Gasteiger partial charge in [-0.2, -0.15) is 0 Å². The van der Waals surface area contributed by atoms with Crippen LogP contribution in [-0.4, -0.2) is 4.98 Å². The fourth-order valence-corrected chi connectivity index (χ4v) is 1.80. The van der Waals surface area contributed by atoms with E-state index in [4.69, 9.17) is 28.8 Å². The summed E-state index contributed by atoms with van der Waals surface area (Å²) in [5, 5.41) is 1.49. The maximum Gasteiger partial charge on any atom is 0.149 e. The van der Waals surface area contributed by atoms with Crippen molar-refractivity contribution in [1.82, 2.24) is 4.98 Å². The zero-order valence-electron chi connectivity index (χ0n) is 10.4. The summed E-state index contributed by atoms with van der Waals surface area (Å²) in [4.78, 5) is 3.88. The first-order chi connectivity index (χ1) is 8.99. The Kier molecular flexibility index (Phi) is 3.30. The Morgan fingerprint density at radius 3 is 2.42 bits per heavy atom. The second-order valence-corrected chi connectivity index (χ2v) is 4.19. The Bertz CT molecular complexity index is 597. The lowest BCUT2D eigenvalue weighted by molar-refractivity contribution is 0.856. The van der Waals surface area contributed by atoms with Crippen LogP contribution in [0.1, 0.15) is 5.56 Å². The first-order valence-electron chi connectivity index (χ1n) is 5.66. The van der Waals surface area contributed by atoms with E-state index in [1.807, 2.05) is 18.2 Å². The normalized spacial score (nSPS) is 10.4. The summed E-state index contributed by atoms with van der Waals surface area (Å²) < 4.78 is 0. The van der Waals surface area contributed by atoms with Crippen LogP contribution in [0.3, 0.4) is 0 Å². The fraction of sp³-hybridized carbons (Fsp3) is 0.0833. The number of hydrazine groups is 1. The third kappa shape index (κ3) is 2.61. The van der Waals surface area contributed by atoms with E-state index in [0.29, 0.717) is 35.0 Å². The van der Waals surface area contributed by atoms with Crippen LogP contribution < -0.4 is 33.8 Å². The molecule has 2 rings (SSSR count). The molecule has 1 aromatic heterocycles. The Balaban J connectivity index is 2.29. The van der Waals surface area contributed by atoms with Crippen LogP contribution in [0.2, 0.25) is 0 Å². The van der Waals surface area contributed by atoms with Gasteiger partial charge in [0.25, 0.3) is 0 Å². The molecule has 1 heterocycles. The Hall–Kier alpha value is -2.67. The molecule has 0 aliphatic rings. The minimum Gasteiger partial charge on any atom is -0.397 e. The third-order valence-electron chi connectivity index (χ3n) is 2.78. The number of nitrogen functional groups attached to an aromatic ring is 4. The van der Waals surface area contributed by atoms with Crippen LogP contribution in [0.5, 0.6) is 0 Å². The molecule has 0 spiro atoms. The van der Waals surface area contributed by atoms with E-state index in [-0.39, 0.29) is 5.82 Å². The van der Waals surface area contributed by atoms with Gasteiger partial charge in [0.1, 0.15) is 11.6 Å². The van der Waals surface area contributed by atoms with Crippen molar-refractivity contribution in [2.24, 2.45) is 5.84 Å². The fourth-order valence-electron chi connectivity index (χ4n) is 1.80. The van der Waals surface area contributed by atoms with Gasteiger partial charge >= 0.3 is 0 Å². The first kappa shape index (κ1) is 12.8. The first-order valence-corrected chi connectivity index (χ1v) is 5.66. The molecule has 0 unspecified atom stereocenters. The standard InChI is InChI=1S/C12H17N7/c13-8-3-1-2-4-9(8)19(17)6-7-5-10(14)18-12(16)11(7)15/h1-5H,6,13,15,17H2,(H4,14,16,18). The highest BCUT2D eigenvalue weighted by Gasteiger charge is 2.11. The molecule has 19 heavy (non-hydrogen) atoms. The summed E-state index contributed by atoms with van der Waals surface area (Å²) in [7, 11) is 0. The number of nitrogens with zero attached hydrogens (tertiary/aromatic N) is 2. The Morgan fingerprint density at radius 1 is 1.05 bits per heavy atom. The number of pyridine rings is 1. The number of para-hydroxylation sites is 2. The molecule has 10 N–H and O–H groups in total. The molecule has 100 valence electrons. The number of hydrogen-bond acceptors (Lipinski definition) is 7. The van der Waals surface area contributed by atoms with Gasteiger partial charge < -0.3 is 27.9 Å². The molecule has 0 atom stereocenters. The molecule has 0 saturated carbocycles. The van der Waals surface area contributed by atoms with Gasteiger partial charge in [0, 0.05) is 5.56 Å². The summed E-state index contributed by atoms with van der Waals surface area (Å²) in [5.74, 6) is 6.49. The molecule has 1 aromatic carbocycles. The number of benzene rings is 1. The van der Waals surface area contributed by atoms with Crippen molar-refractivity contribution < 1.29 is 0 Å². The average Bonchev–Trinajstić information content (AvgIpc) is 2.35. The molecule has 0 aliphatic heterocycles. The van der Waals surface area contributed by atoms with Crippen molar-refractivity contribution in [3.05, 3.63) is 35.9 Å². The lowest BCUT2D eigenvalue weighted by Crippen LogP contribution is -2.31. The van der Waals surface area contributed by atoms with E-state index in [1.54, 1.807) is 12.1 Å². The molecule has 2 aromatic rings. The molecular formula is C12H17N7. The van der Waals surface area contributed by atoms with E-state index < -0.39 is 0 Å². The highest BCUT2D eigenvalue weighted by atomic mass is 15.4. The van der Waals surface area contributed by atoms with Crippen molar-refractivity contribution in [3.63, 3.8) is 0 Å². The van der Waals surface area contributed by atoms with Gasteiger partial charge in [0.15, 0.2) is 0 Å². The van der Waals surface area contributed by atoms with Gasteiger partial charge in [-0.05, 0) is 18.2 Å². The number of aromatic nitrogens is 1. The van der Waals surface area contributed by atoms with E-state index in [1.165, 1.54) is 5.01 Å². The van der Waals surface area contributed by atoms with Crippen LogP contribution in [0.4, 0.5) is 28.7 Å². The van der Waals surface area contributed by atoms with Gasteiger partial charge in [0.05, 0.1) is 23.6 Å². The lowest BCUT2D eigenvalue weighted by Gasteiger charge is -2.21. The van der Waals surface area contributed by atoms with Crippen LogP contribution >= 0.6 is 0 Å². The molecule has 7 nitrogen and oxygen atoms in total. The van der Waals surface area contributed by atoms with Crippen molar-refractivity contribution >= 4 is 28.7 Å². The largest absolute Gasteiger partial charge is 0.397 e. The summed E-state index contributed by atoms with van der Waals surface area (Å²) in [6.45, 7) is 0.330. The van der Waals surface area contributed by atoms with Crippen LogP contribution in [0.15, 0.2) is 30.3 Å². The van der Waals surface area contributed by atoms with Crippen molar-refractivity contribution in [3.8, 4) is 0 Å². The van der Waals surface area contributed by atoms with E-state index in [9.17, 15) is 0 Å². The summed E-state index contributed by atoms with van der Waals surface area (Å²) in [5.41, 5.74) is 25.4. The number of nitrogens with two attached hydrogens (primary N) is 5. The molecule has 0 aliphatic carbocycles. The zero-order chi connectivity index (χ0) is 14.0. The van der Waals surface area contributed by atoms with E-state index >= 15 is 0 Å². The summed E-state index contributed by atoms with van der Waals surface area (Å²) in [6, 6.07) is 8.92. The van der Waals surface area contributed by atoms with Gasteiger partial charge in [0.2, 0.25) is 0 Å². The Morgan fingerprint density at radius 2 is 1.74 bits per heavy atom. The highest BCUT2D eigenvalue weighted by molar-refractivity contribution is 5.70. The van der Waals surface area contributed by atoms with Crippen LogP contribution in [0, 0.1) is 0 Å². The monoisotopic (exact) mass is 259 g/mol. The van der Waals surface area contributed by atoms with Crippen LogP contribution in [0.25, 0.3) is 0 Å². The van der Waals surface area contributed by atoms with E-state index in [2.05, 4.69) is 4.98 Å². The van der Waals surface area contributed by atoms with Crippen LogP contribution in [-0.2, 0) is 6.54 Å². The van der Waals surface area contributed by atoms with Gasteiger partial charge in [-0.15, -0.1) is 0 Å². The van der Waals surface area contributed by atoms with E-state index in [0.717, 1.165) is 0 Å². The Labute approximate surface area is 111 Å². The van der Waals surface area contributed by atoms with Gasteiger partial charge in [-0.25, -0.2) is 10.8 Å². The average molecular weight is 259 g/mol. The maximum atomic E-state index is 5.99. The van der Waals surface area contributed by atoms with Crippen molar-refractivity contribution in [1.29, 1.82) is 0 Å². The van der Waals surface area contributed by atoms with Gasteiger partial charge in [-0.3, -0.25) is 0 Å². The molecule has 7 heteroatoms. The number of anilines is 5. The molecular weight excluding hydrogens is 242 g/mol.